The van der Waals surface area contributed by atoms with Crippen LogP contribution in [0, 0.1) is 6.92 Å². The average molecular weight is 278 g/mol. The molecule has 4 heteroatoms. The molecule has 0 amide bonds. The van der Waals surface area contributed by atoms with Crippen LogP contribution in [0.1, 0.15) is 37.3 Å². The molecule has 20 heavy (non-hydrogen) atoms. The van der Waals surface area contributed by atoms with Gasteiger partial charge in [0.05, 0.1) is 20.6 Å². The SMILES string of the molecule is COC(=O)CC[C@@](C)(CC(=O)OC)c1ccc(C)cc1. The number of aryl methyl sites for hydroxylation is 1. The van der Waals surface area contributed by atoms with Crippen LogP contribution in [0.25, 0.3) is 0 Å². The van der Waals surface area contributed by atoms with Gasteiger partial charge in [-0.05, 0) is 18.9 Å². The first-order valence-corrected chi connectivity index (χ1v) is 6.62. The third-order valence-corrected chi connectivity index (χ3v) is 3.62. The van der Waals surface area contributed by atoms with Crippen molar-refractivity contribution in [3.8, 4) is 0 Å². The number of esters is 2. The summed E-state index contributed by atoms with van der Waals surface area (Å²) in [5, 5.41) is 0. The summed E-state index contributed by atoms with van der Waals surface area (Å²) in [6.07, 6.45) is 1.05. The molecule has 110 valence electrons. The zero-order chi connectivity index (χ0) is 15.2. The highest BCUT2D eigenvalue weighted by Gasteiger charge is 2.30. The van der Waals surface area contributed by atoms with Crippen LogP contribution in [-0.2, 0) is 24.5 Å². The summed E-state index contributed by atoms with van der Waals surface area (Å²) < 4.78 is 9.45. The summed E-state index contributed by atoms with van der Waals surface area (Å²) >= 11 is 0. The van der Waals surface area contributed by atoms with Crippen molar-refractivity contribution in [3.63, 3.8) is 0 Å². The molecule has 1 rings (SSSR count). The largest absolute Gasteiger partial charge is 0.469 e. The third kappa shape index (κ3) is 4.37. The Balaban J connectivity index is 2.96. The lowest BCUT2D eigenvalue weighted by Crippen LogP contribution is -2.27. The Hall–Kier alpha value is -1.84. The maximum Gasteiger partial charge on any atom is 0.306 e. The first-order chi connectivity index (χ1) is 9.41. The van der Waals surface area contributed by atoms with E-state index in [0.29, 0.717) is 6.42 Å². The van der Waals surface area contributed by atoms with Crippen LogP contribution < -0.4 is 0 Å². The minimum atomic E-state index is -0.436. The van der Waals surface area contributed by atoms with Gasteiger partial charge in [-0.25, -0.2) is 0 Å². The molecule has 0 bridgehead atoms. The van der Waals surface area contributed by atoms with Crippen molar-refractivity contribution < 1.29 is 19.1 Å². The first kappa shape index (κ1) is 16.2. The lowest BCUT2D eigenvalue weighted by molar-refractivity contribution is -0.144. The number of hydrogen-bond donors (Lipinski definition) is 0. The van der Waals surface area contributed by atoms with E-state index in [2.05, 4.69) is 4.74 Å². The van der Waals surface area contributed by atoms with Gasteiger partial charge in [0.1, 0.15) is 0 Å². The van der Waals surface area contributed by atoms with Gasteiger partial charge in [0, 0.05) is 11.8 Å². The highest BCUT2D eigenvalue weighted by Crippen LogP contribution is 2.33. The molecule has 0 unspecified atom stereocenters. The quantitative estimate of drug-likeness (QED) is 0.751. The molecule has 0 aliphatic heterocycles. The second-order valence-corrected chi connectivity index (χ2v) is 5.26. The van der Waals surface area contributed by atoms with E-state index in [1.54, 1.807) is 0 Å². The molecule has 0 radical (unpaired) electrons. The van der Waals surface area contributed by atoms with Crippen molar-refractivity contribution >= 4 is 11.9 Å². The topological polar surface area (TPSA) is 52.6 Å². The zero-order valence-corrected chi connectivity index (χ0v) is 12.6. The van der Waals surface area contributed by atoms with Crippen molar-refractivity contribution in [1.29, 1.82) is 0 Å². The van der Waals surface area contributed by atoms with Gasteiger partial charge in [-0.2, -0.15) is 0 Å². The van der Waals surface area contributed by atoms with Gasteiger partial charge in [-0.3, -0.25) is 9.59 Å². The Morgan fingerprint density at radius 2 is 1.60 bits per heavy atom. The smallest absolute Gasteiger partial charge is 0.306 e. The maximum absolute atomic E-state index is 11.6. The monoisotopic (exact) mass is 278 g/mol. The predicted octanol–water partition coefficient (Wildman–Crippen LogP) is 2.77. The van der Waals surface area contributed by atoms with Crippen LogP contribution in [0.2, 0.25) is 0 Å². The molecule has 0 aliphatic rings. The first-order valence-electron chi connectivity index (χ1n) is 6.62. The minimum absolute atomic E-state index is 0.240. The van der Waals surface area contributed by atoms with Gasteiger partial charge in [0.25, 0.3) is 0 Å². The number of rotatable bonds is 6. The molecular formula is C16H22O4. The molecule has 1 aromatic carbocycles. The fraction of sp³-hybridized carbons (Fsp3) is 0.500. The van der Waals surface area contributed by atoms with Gasteiger partial charge in [0.2, 0.25) is 0 Å². The predicted molar refractivity (Wildman–Crippen MR) is 76.4 cm³/mol. The molecule has 1 atom stereocenters. The Labute approximate surface area is 120 Å². The Bertz CT molecular complexity index is 464. The number of methoxy groups -OCH3 is 2. The molecule has 0 saturated carbocycles. The van der Waals surface area contributed by atoms with E-state index >= 15 is 0 Å². The fourth-order valence-corrected chi connectivity index (χ4v) is 2.16. The van der Waals surface area contributed by atoms with E-state index < -0.39 is 5.41 Å². The lowest BCUT2D eigenvalue weighted by atomic mass is 9.75. The third-order valence-electron chi connectivity index (χ3n) is 3.62. The second kappa shape index (κ2) is 7.08. The van der Waals surface area contributed by atoms with Gasteiger partial charge in [-0.1, -0.05) is 36.8 Å². The van der Waals surface area contributed by atoms with Gasteiger partial charge < -0.3 is 9.47 Å². The van der Waals surface area contributed by atoms with Gasteiger partial charge in [0.15, 0.2) is 0 Å². The van der Waals surface area contributed by atoms with Crippen molar-refractivity contribution in [2.24, 2.45) is 0 Å². The van der Waals surface area contributed by atoms with E-state index in [-0.39, 0.29) is 24.8 Å². The summed E-state index contributed by atoms with van der Waals surface area (Å²) in [7, 11) is 2.74. The summed E-state index contributed by atoms with van der Waals surface area (Å²) in [4.78, 5) is 23.0. The Morgan fingerprint density at radius 1 is 1.05 bits per heavy atom. The normalized spacial score (nSPS) is 13.4. The fourth-order valence-electron chi connectivity index (χ4n) is 2.16. The molecule has 0 N–H and O–H groups in total. The number of hydrogen-bond acceptors (Lipinski definition) is 4. The van der Waals surface area contributed by atoms with Gasteiger partial charge >= 0.3 is 11.9 Å². The molecule has 0 saturated heterocycles. The van der Waals surface area contributed by atoms with Crippen molar-refractivity contribution in [3.05, 3.63) is 35.4 Å². The van der Waals surface area contributed by atoms with E-state index in [4.69, 9.17) is 4.74 Å². The summed E-state index contributed by atoms with van der Waals surface area (Å²) in [6, 6.07) is 8.00. The van der Waals surface area contributed by atoms with Crippen LogP contribution in [0.4, 0.5) is 0 Å². The number of carbonyl (C=O) groups is 2. The van der Waals surface area contributed by atoms with E-state index in [1.807, 2.05) is 38.1 Å². The number of benzene rings is 1. The van der Waals surface area contributed by atoms with Crippen LogP contribution in [-0.4, -0.2) is 26.2 Å². The molecule has 0 heterocycles. The highest BCUT2D eigenvalue weighted by atomic mass is 16.5. The molecule has 1 aromatic rings. The Morgan fingerprint density at radius 3 is 2.10 bits per heavy atom. The molecule has 0 aliphatic carbocycles. The van der Waals surface area contributed by atoms with Crippen LogP contribution in [0.15, 0.2) is 24.3 Å². The lowest BCUT2D eigenvalue weighted by Gasteiger charge is -2.29. The van der Waals surface area contributed by atoms with E-state index in [9.17, 15) is 9.59 Å². The van der Waals surface area contributed by atoms with Crippen molar-refractivity contribution in [2.75, 3.05) is 14.2 Å². The highest BCUT2D eigenvalue weighted by molar-refractivity contribution is 5.72. The minimum Gasteiger partial charge on any atom is -0.469 e. The molecule has 0 aromatic heterocycles. The molecule has 0 spiro atoms. The molecular weight excluding hydrogens is 256 g/mol. The second-order valence-electron chi connectivity index (χ2n) is 5.26. The number of carbonyl (C=O) groups excluding carboxylic acids is 2. The van der Waals surface area contributed by atoms with E-state index in [1.165, 1.54) is 14.2 Å². The number of ether oxygens (including phenoxy) is 2. The van der Waals surface area contributed by atoms with Crippen LogP contribution >= 0.6 is 0 Å². The summed E-state index contributed by atoms with van der Waals surface area (Å²) in [5.74, 6) is -0.550. The van der Waals surface area contributed by atoms with Crippen molar-refractivity contribution in [1.82, 2.24) is 0 Å². The summed E-state index contributed by atoms with van der Waals surface area (Å²) in [6.45, 7) is 3.98. The van der Waals surface area contributed by atoms with Crippen LogP contribution in [0.3, 0.4) is 0 Å². The molecule has 4 nitrogen and oxygen atoms in total. The van der Waals surface area contributed by atoms with Crippen LogP contribution in [0.5, 0.6) is 0 Å². The maximum atomic E-state index is 11.6. The average Bonchev–Trinajstić information content (AvgIpc) is 2.45. The standard InChI is InChI=1S/C16H22O4/c1-12-5-7-13(8-6-12)16(2,11-15(18)20-4)10-9-14(17)19-3/h5-8H,9-11H2,1-4H3/t16-/m0/s1. The molecule has 0 fully saturated rings. The van der Waals surface area contributed by atoms with Crippen molar-refractivity contribution in [2.45, 2.75) is 38.5 Å². The Kier molecular flexibility index (Phi) is 5.74. The van der Waals surface area contributed by atoms with E-state index in [0.717, 1.165) is 11.1 Å². The summed E-state index contributed by atoms with van der Waals surface area (Å²) in [5.41, 5.74) is 1.74. The van der Waals surface area contributed by atoms with Gasteiger partial charge in [-0.15, -0.1) is 0 Å². The zero-order valence-electron chi connectivity index (χ0n) is 12.6.